The van der Waals surface area contributed by atoms with Crippen LogP contribution in [0, 0.1) is 5.41 Å². The third kappa shape index (κ3) is 3.26. The van der Waals surface area contributed by atoms with Crippen LogP contribution < -0.4 is 15.2 Å². The molecule has 2 rings (SSSR count). The molecule has 1 aliphatic rings. The van der Waals surface area contributed by atoms with E-state index >= 15 is 0 Å². The smallest absolute Gasteiger partial charge is 0.160 e. The van der Waals surface area contributed by atoms with Crippen molar-refractivity contribution in [3.05, 3.63) is 23.8 Å². The number of nitrogens with two attached hydrogens (primary N) is 1. The van der Waals surface area contributed by atoms with E-state index in [2.05, 4.69) is 13.0 Å². The van der Waals surface area contributed by atoms with E-state index in [-0.39, 0.29) is 11.5 Å². The Morgan fingerprint density at radius 3 is 2.35 bits per heavy atom. The highest BCUT2D eigenvalue weighted by atomic mass is 16.5. The van der Waals surface area contributed by atoms with Crippen LogP contribution >= 0.6 is 0 Å². The molecule has 3 heteroatoms. The monoisotopic (exact) mass is 277 g/mol. The highest BCUT2D eigenvalue weighted by molar-refractivity contribution is 5.43. The summed E-state index contributed by atoms with van der Waals surface area (Å²) in [6, 6.07) is 6.31. The number of hydrogen-bond acceptors (Lipinski definition) is 3. The Kier molecular flexibility index (Phi) is 4.92. The maximum atomic E-state index is 6.50. The summed E-state index contributed by atoms with van der Waals surface area (Å²) < 4.78 is 10.6. The molecule has 112 valence electrons. The van der Waals surface area contributed by atoms with Crippen molar-refractivity contribution in [3.8, 4) is 11.5 Å². The zero-order chi connectivity index (χ0) is 14.6. The number of methoxy groups -OCH3 is 2. The molecule has 1 fully saturated rings. The molecule has 0 spiro atoms. The van der Waals surface area contributed by atoms with Gasteiger partial charge in [0.15, 0.2) is 11.5 Å². The molecule has 1 unspecified atom stereocenters. The molecule has 20 heavy (non-hydrogen) atoms. The van der Waals surface area contributed by atoms with Gasteiger partial charge in [-0.05, 0) is 42.4 Å². The molecule has 3 nitrogen and oxygen atoms in total. The average Bonchev–Trinajstić information content (AvgIpc) is 2.47. The van der Waals surface area contributed by atoms with Gasteiger partial charge in [0.25, 0.3) is 0 Å². The van der Waals surface area contributed by atoms with Crippen LogP contribution in [0.5, 0.6) is 11.5 Å². The fourth-order valence-corrected chi connectivity index (χ4v) is 3.24. The summed E-state index contributed by atoms with van der Waals surface area (Å²) in [7, 11) is 3.33. The van der Waals surface area contributed by atoms with Crippen LogP contribution in [-0.4, -0.2) is 20.3 Å². The fourth-order valence-electron chi connectivity index (χ4n) is 3.24. The van der Waals surface area contributed by atoms with E-state index in [1.54, 1.807) is 14.2 Å². The van der Waals surface area contributed by atoms with Crippen molar-refractivity contribution >= 4 is 0 Å². The average molecular weight is 277 g/mol. The molecule has 0 radical (unpaired) electrons. The topological polar surface area (TPSA) is 44.5 Å². The lowest BCUT2D eigenvalue weighted by molar-refractivity contribution is 0.168. The second kappa shape index (κ2) is 6.49. The molecule has 0 amide bonds. The van der Waals surface area contributed by atoms with E-state index in [1.165, 1.54) is 37.7 Å². The van der Waals surface area contributed by atoms with Gasteiger partial charge in [-0.1, -0.05) is 32.3 Å². The van der Waals surface area contributed by atoms with Gasteiger partial charge >= 0.3 is 0 Å². The van der Waals surface area contributed by atoms with Crippen molar-refractivity contribution in [2.45, 2.75) is 51.5 Å². The summed E-state index contributed by atoms with van der Waals surface area (Å²) in [6.45, 7) is 2.34. The lowest BCUT2D eigenvalue weighted by Gasteiger charge is -2.39. The van der Waals surface area contributed by atoms with Crippen LogP contribution in [0.1, 0.15) is 44.6 Å². The standard InChI is InChI=1S/C17H27NO2/c1-17(9-5-4-6-10-17)16(18)12-13-7-8-14(19-2)15(11-13)20-3/h7-8,11,16H,4-6,9-10,12,18H2,1-3H3. The van der Waals surface area contributed by atoms with Crippen LogP contribution in [0.3, 0.4) is 0 Å². The highest BCUT2D eigenvalue weighted by Crippen LogP contribution is 2.39. The lowest BCUT2D eigenvalue weighted by atomic mass is 9.69. The first-order valence-electron chi connectivity index (χ1n) is 7.55. The Morgan fingerprint density at radius 1 is 1.10 bits per heavy atom. The minimum atomic E-state index is 0.209. The first-order valence-corrected chi connectivity index (χ1v) is 7.55. The third-order valence-corrected chi connectivity index (χ3v) is 4.79. The maximum absolute atomic E-state index is 6.50. The van der Waals surface area contributed by atoms with E-state index < -0.39 is 0 Å². The van der Waals surface area contributed by atoms with Crippen molar-refractivity contribution in [2.24, 2.45) is 11.1 Å². The predicted molar refractivity (Wildman–Crippen MR) is 82.4 cm³/mol. The minimum Gasteiger partial charge on any atom is -0.493 e. The predicted octanol–water partition coefficient (Wildman–Crippen LogP) is 3.54. The summed E-state index contributed by atoms with van der Waals surface area (Å²) in [5, 5.41) is 0. The van der Waals surface area contributed by atoms with Crippen molar-refractivity contribution < 1.29 is 9.47 Å². The molecule has 0 aliphatic heterocycles. The Morgan fingerprint density at radius 2 is 1.75 bits per heavy atom. The second-order valence-electron chi connectivity index (χ2n) is 6.21. The molecule has 1 aliphatic carbocycles. The van der Waals surface area contributed by atoms with Gasteiger partial charge in [-0.15, -0.1) is 0 Å². The van der Waals surface area contributed by atoms with E-state index in [9.17, 15) is 0 Å². The molecule has 1 saturated carbocycles. The Hall–Kier alpha value is -1.22. The largest absolute Gasteiger partial charge is 0.493 e. The summed E-state index contributed by atoms with van der Waals surface area (Å²) in [4.78, 5) is 0. The normalized spacial score (nSPS) is 19.4. The van der Waals surface area contributed by atoms with Crippen molar-refractivity contribution in [2.75, 3.05) is 14.2 Å². The van der Waals surface area contributed by atoms with Gasteiger partial charge in [-0.3, -0.25) is 0 Å². The van der Waals surface area contributed by atoms with E-state index in [4.69, 9.17) is 15.2 Å². The first-order chi connectivity index (χ1) is 9.59. The summed E-state index contributed by atoms with van der Waals surface area (Å²) in [5.41, 5.74) is 8.01. The molecule has 0 aromatic heterocycles. The first kappa shape index (κ1) is 15.2. The van der Waals surface area contributed by atoms with Gasteiger partial charge < -0.3 is 15.2 Å². The Labute approximate surface area is 122 Å². The van der Waals surface area contributed by atoms with Crippen LogP contribution in [0.2, 0.25) is 0 Å². The van der Waals surface area contributed by atoms with Crippen LogP contribution in [0.15, 0.2) is 18.2 Å². The van der Waals surface area contributed by atoms with Crippen molar-refractivity contribution in [1.29, 1.82) is 0 Å². The van der Waals surface area contributed by atoms with E-state index in [0.29, 0.717) is 0 Å². The van der Waals surface area contributed by atoms with Gasteiger partial charge in [0.05, 0.1) is 14.2 Å². The molecule has 0 bridgehead atoms. The summed E-state index contributed by atoms with van der Waals surface area (Å²) in [5.74, 6) is 1.56. The van der Waals surface area contributed by atoms with E-state index in [1.807, 2.05) is 12.1 Å². The molecular formula is C17H27NO2. The maximum Gasteiger partial charge on any atom is 0.160 e. The number of benzene rings is 1. The molecule has 0 saturated heterocycles. The number of hydrogen-bond donors (Lipinski definition) is 1. The quantitative estimate of drug-likeness (QED) is 0.895. The highest BCUT2D eigenvalue weighted by Gasteiger charge is 2.33. The Bertz CT molecular complexity index is 439. The molecule has 1 aromatic rings. The Balaban J connectivity index is 2.09. The van der Waals surface area contributed by atoms with Gasteiger partial charge in [0.1, 0.15) is 0 Å². The van der Waals surface area contributed by atoms with Gasteiger partial charge in [0, 0.05) is 6.04 Å². The SMILES string of the molecule is COc1ccc(CC(N)C2(C)CCCCC2)cc1OC. The van der Waals surface area contributed by atoms with Gasteiger partial charge in [0.2, 0.25) is 0 Å². The molecule has 1 aromatic carbocycles. The van der Waals surface area contributed by atoms with Crippen LogP contribution in [0.4, 0.5) is 0 Å². The van der Waals surface area contributed by atoms with Crippen LogP contribution in [0.25, 0.3) is 0 Å². The number of rotatable bonds is 5. The molecule has 0 heterocycles. The van der Waals surface area contributed by atoms with Gasteiger partial charge in [-0.25, -0.2) is 0 Å². The third-order valence-electron chi connectivity index (χ3n) is 4.79. The van der Waals surface area contributed by atoms with Gasteiger partial charge in [-0.2, -0.15) is 0 Å². The molecular weight excluding hydrogens is 250 g/mol. The number of ether oxygens (including phenoxy) is 2. The van der Waals surface area contributed by atoms with E-state index in [0.717, 1.165) is 17.9 Å². The molecule has 2 N–H and O–H groups in total. The molecule has 1 atom stereocenters. The lowest BCUT2D eigenvalue weighted by Crippen LogP contribution is -2.42. The fraction of sp³-hybridized carbons (Fsp3) is 0.647. The minimum absolute atomic E-state index is 0.209. The second-order valence-corrected chi connectivity index (χ2v) is 6.21. The summed E-state index contributed by atoms with van der Waals surface area (Å²) in [6.07, 6.45) is 7.39. The van der Waals surface area contributed by atoms with Crippen molar-refractivity contribution in [3.63, 3.8) is 0 Å². The summed E-state index contributed by atoms with van der Waals surface area (Å²) >= 11 is 0. The zero-order valence-corrected chi connectivity index (χ0v) is 12.9. The van der Waals surface area contributed by atoms with Crippen LogP contribution in [-0.2, 0) is 6.42 Å². The zero-order valence-electron chi connectivity index (χ0n) is 12.9. The van der Waals surface area contributed by atoms with Crippen molar-refractivity contribution in [1.82, 2.24) is 0 Å².